The first-order valence-corrected chi connectivity index (χ1v) is 7.96. The van der Waals surface area contributed by atoms with Crippen LogP contribution in [0.4, 0.5) is 0 Å². The van der Waals surface area contributed by atoms with E-state index >= 15 is 0 Å². The van der Waals surface area contributed by atoms with Crippen molar-refractivity contribution >= 4 is 5.97 Å². The molecule has 0 aliphatic rings. The molecule has 7 heteroatoms. The largest absolute Gasteiger partial charge is 0.493 e. The van der Waals surface area contributed by atoms with Crippen molar-refractivity contribution in [2.24, 2.45) is 0 Å². The Kier molecular flexibility index (Phi) is 8.96. The lowest BCUT2D eigenvalue weighted by molar-refractivity contribution is -0.155. The molecule has 0 N–H and O–H groups in total. The molecule has 0 bridgehead atoms. The maximum atomic E-state index is 12.2. The first kappa shape index (κ1) is 20.1. The fourth-order valence-corrected chi connectivity index (χ4v) is 2.11. The van der Waals surface area contributed by atoms with E-state index in [0.29, 0.717) is 35.8 Å². The van der Waals surface area contributed by atoms with Gasteiger partial charge in [-0.05, 0) is 12.1 Å². The van der Waals surface area contributed by atoms with Gasteiger partial charge in [0.2, 0.25) is 5.75 Å². The molecule has 0 aliphatic heterocycles. The number of methoxy groups -OCH3 is 3. The molecule has 0 fully saturated rings. The van der Waals surface area contributed by atoms with Crippen LogP contribution >= 0.6 is 0 Å². The van der Waals surface area contributed by atoms with Crippen molar-refractivity contribution in [2.75, 3.05) is 47.6 Å². The summed E-state index contributed by atoms with van der Waals surface area (Å²) >= 11 is 0. The molecule has 0 amide bonds. The van der Waals surface area contributed by atoms with Gasteiger partial charge in [-0.25, -0.2) is 4.79 Å². The predicted octanol–water partition coefficient (Wildman–Crippen LogP) is 2.53. The smallest absolute Gasteiger partial charge is 0.338 e. The van der Waals surface area contributed by atoms with Crippen LogP contribution in [0, 0.1) is 0 Å². The number of hydrogen-bond donors (Lipinski definition) is 0. The van der Waals surface area contributed by atoms with E-state index in [9.17, 15) is 4.79 Å². The number of nitrogens with zero attached hydrogens (tertiary/aromatic N) is 1. The van der Waals surface area contributed by atoms with Crippen molar-refractivity contribution < 1.29 is 28.6 Å². The zero-order valence-electron chi connectivity index (χ0n) is 15.1. The third-order valence-electron chi connectivity index (χ3n) is 3.40. The Morgan fingerprint density at radius 2 is 1.54 bits per heavy atom. The average molecular weight is 341 g/mol. The first-order valence-electron chi connectivity index (χ1n) is 7.96. The summed E-state index contributed by atoms with van der Waals surface area (Å²) in [5.41, 5.74) is 0.342. The van der Waals surface area contributed by atoms with Crippen molar-refractivity contribution in [3.8, 4) is 17.2 Å². The second-order valence-corrected chi connectivity index (χ2v) is 4.85. The van der Waals surface area contributed by atoms with E-state index in [1.807, 2.05) is 18.9 Å². The van der Waals surface area contributed by atoms with Gasteiger partial charge < -0.3 is 18.9 Å². The molecule has 0 heterocycles. The second kappa shape index (κ2) is 10.7. The lowest BCUT2D eigenvalue weighted by Gasteiger charge is -2.17. The summed E-state index contributed by atoms with van der Waals surface area (Å²) in [5.74, 6) is 0.809. The molecule has 136 valence electrons. The fraction of sp³-hybridized carbons (Fsp3) is 0.588. The van der Waals surface area contributed by atoms with Gasteiger partial charge in [0.15, 0.2) is 11.5 Å². The molecule has 0 aromatic heterocycles. The second-order valence-electron chi connectivity index (χ2n) is 4.85. The minimum atomic E-state index is -0.447. The Labute approximate surface area is 143 Å². The van der Waals surface area contributed by atoms with E-state index in [1.165, 1.54) is 21.3 Å². The Balaban J connectivity index is 2.59. The molecule has 0 atom stereocenters. The van der Waals surface area contributed by atoms with Gasteiger partial charge in [0, 0.05) is 19.5 Å². The van der Waals surface area contributed by atoms with Gasteiger partial charge in [-0.2, -0.15) is 5.06 Å². The number of esters is 1. The van der Waals surface area contributed by atoms with Crippen LogP contribution in [0.1, 0.15) is 30.6 Å². The fourth-order valence-electron chi connectivity index (χ4n) is 2.11. The number of benzene rings is 1. The Hall–Kier alpha value is -1.99. The monoisotopic (exact) mass is 341 g/mol. The lowest BCUT2D eigenvalue weighted by atomic mass is 10.2. The van der Waals surface area contributed by atoms with Crippen molar-refractivity contribution in [1.29, 1.82) is 0 Å². The Morgan fingerprint density at radius 3 is 2.00 bits per heavy atom. The van der Waals surface area contributed by atoms with E-state index in [4.69, 9.17) is 23.8 Å². The maximum absolute atomic E-state index is 12.2. The van der Waals surface area contributed by atoms with E-state index < -0.39 is 5.97 Å². The predicted molar refractivity (Wildman–Crippen MR) is 89.9 cm³/mol. The van der Waals surface area contributed by atoms with E-state index in [-0.39, 0.29) is 6.61 Å². The molecule has 7 nitrogen and oxygen atoms in total. The van der Waals surface area contributed by atoms with Crippen LogP contribution in [0.5, 0.6) is 17.2 Å². The van der Waals surface area contributed by atoms with E-state index in [1.54, 1.807) is 12.1 Å². The lowest BCUT2D eigenvalue weighted by Crippen LogP contribution is -2.24. The number of carbonyl (C=O) groups is 1. The highest BCUT2D eigenvalue weighted by molar-refractivity contribution is 5.91. The molecule has 0 spiro atoms. The van der Waals surface area contributed by atoms with Gasteiger partial charge in [0.25, 0.3) is 0 Å². The van der Waals surface area contributed by atoms with Crippen molar-refractivity contribution in [3.63, 3.8) is 0 Å². The Morgan fingerprint density at radius 1 is 0.958 bits per heavy atom. The number of hydroxylamine groups is 2. The highest BCUT2D eigenvalue weighted by Gasteiger charge is 2.17. The van der Waals surface area contributed by atoms with Gasteiger partial charge in [0.05, 0.1) is 40.1 Å². The third kappa shape index (κ3) is 5.58. The van der Waals surface area contributed by atoms with Crippen molar-refractivity contribution in [1.82, 2.24) is 5.06 Å². The standard InChI is InChI=1S/C17H27NO6/c1-6-18(7-2)24-10-8-9-23-17(19)13-11-14(20-3)16(22-5)15(12-13)21-4/h11-12H,6-10H2,1-5H3. The summed E-state index contributed by atoms with van der Waals surface area (Å²) in [7, 11) is 4.50. The van der Waals surface area contributed by atoms with Crippen LogP contribution in [-0.2, 0) is 9.57 Å². The highest BCUT2D eigenvalue weighted by atomic mass is 16.7. The zero-order chi connectivity index (χ0) is 17.9. The molecular formula is C17H27NO6. The summed E-state index contributed by atoms with van der Waals surface area (Å²) in [4.78, 5) is 17.7. The minimum absolute atomic E-state index is 0.275. The normalized spacial score (nSPS) is 10.6. The third-order valence-corrected chi connectivity index (χ3v) is 3.40. The number of rotatable bonds is 11. The number of ether oxygens (including phenoxy) is 4. The van der Waals surface area contributed by atoms with Gasteiger partial charge >= 0.3 is 5.97 Å². The minimum Gasteiger partial charge on any atom is -0.493 e. The zero-order valence-corrected chi connectivity index (χ0v) is 15.1. The topological polar surface area (TPSA) is 66.5 Å². The molecule has 1 rings (SSSR count). The quantitative estimate of drug-likeness (QED) is 0.348. The van der Waals surface area contributed by atoms with Crippen molar-refractivity contribution in [2.45, 2.75) is 20.3 Å². The van der Waals surface area contributed by atoms with Crippen LogP contribution in [-0.4, -0.2) is 58.7 Å². The van der Waals surface area contributed by atoms with Crippen LogP contribution in [0.15, 0.2) is 12.1 Å². The molecule has 0 saturated heterocycles. The summed E-state index contributed by atoms with van der Waals surface area (Å²) in [5, 5.41) is 1.85. The molecule has 0 aliphatic carbocycles. The summed E-state index contributed by atoms with van der Waals surface area (Å²) < 4.78 is 20.9. The maximum Gasteiger partial charge on any atom is 0.338 e. The van der Waals surface area contributed by atoms with Gasteiger partial charge in [-0.15, -0.1) is 0 Å². The Bertz CT molecular complexity index is 491. The summed E-state index contributed by atoms with van der Waals surface area (Å²) in [6, 6.07) is 3.13. The molecule has 24 heavy (non-hydrogen) atoms. The molecule has 0 radical (unpaired) electrons. The number of hydrogen-bond acceptors (Lipinski definition) is 7. The van der Waals surface area contributed by atoms with E-state index in [2.05, 4.69) is 0 Å². The average Bonchev–Trinajstić information content (AvgIpc) is 2.63. The molecular weight excluding hydrogens is 314 g/mol. The molecule has 1 aromatic rings. The van der Waals surface area contributed by atoms with Crippen molar-refractivity contribution in [3.05, 3.63) is 17.7 Å². The van der Waals surface area contributed by atoms with Crippen LogP contribution < -0.4 is 14.2 Å². The first-order chi connectivity index (χ1) is 11.6. The highest BCUT2D eigenvalue weighted by Crippen LogP contribution is 2.38. The van der Waals surface area contributed by atoms with Gasteiger partial charge in [-0.1, -0.05) is 13.8 Å². The summed E-state index contributed by atoms with van der Waals surface area (Å²) in [6.45, 7) is 6.46. The van der Waals surface area contributed by atoms with Gasteiger partial charge in [-0.3, -0.25) is 4.84 Å². The SMILES string of the molecule is CCN(CC)OCCCOC(=O)c1cc(OC)c(OC)c(OC)c1. The molecule has 1 aromatic carbocycles. The molecule has 0 unspecified atom stereocenters. The van der Waals surface area contributed by atoms with Crippen LogP contribution in [0.25, 0.3) is 0 Å². The van der Waals surface area contributed by atoms with Crippen LogP contribution in [0.3, 0.4) is 0 Å². The molecule has 0 saturated carbocycles. The summed E-state index contributed by atoms with van der Waals surface area (Å²) in [6.07, 6.45) is 0.618. The van der Waals surface area contributed by atoms with Crippen LogP contribution in [0.2, 0.25) is 0 Å². The van der Waals surface area contributed by atoms with Gasteiger partial charge in [0.1, 0.15) is 0 Å². The van der Waals surface area contributed by atoms with E-state index in [0.717, 1.165) is 13.1 Å². The number of carbonyl (C=O) groups excluding carboxylic acids is 1.